The number of hydrogen-bond acceptors (Lipinski definition) is 7. The van der Waals surface area contributed by atoms with Gasteiger partial charge in [0, 0.05) is 45.1 Å². The minimum Gasteiger partial charge on any atom is -0.441 e. The van der Waals surface area contributed by atoms with Crippen molar-refractivity contribution < 1.29 is 17.6 Å². The maximum absolute atomic E-state index is 13.1. The van der Waals surface area contributed by atoms with Crippen molar-refractivity contribution in [3.63, 3.8) is 0 Å². The number of likely N-dealkylation sites (tertiary alicyclic amines) is 1. The summed E-state index contributed by atoms with van der Waals surface area (Å²) in [6.45, 7) is 3.89. The van der Waals surface area contributed by atoms with Crippen LogP contribution in [0, 0.1) is 6.92 Å². The van der Waals surface area contributed by atoms with Crippen LogP contribution in [0.2, 0.25) is 0 Å². The molecule has 34 heavy (non-hydrogen) atoms. The van der Waals surface area contributed by atoms with Crippen molar-refractivity contribution in [1.82, 2.24) is 24.6 Å². The predicted molar refractivity (Wildman–Crippen MR) is 130 cm³/mol. The lowest BCUT2D eigenvalue weighted by molar-refractivity contribution is 0.0907. The number of carbonyl (C=O) groups is 1. The van der Waals surface area contributed by atoms with E-state index in [4.69, 9.17) is 4.42 Å². The molecule has 0 radical (unpaired) electrons. The average Bonchev–Trinajstić information content (AvgIpc) is 3.39. The number of benzene rings is 1. The van der Waals surface area contributed by atoms with E-state index in [-0.39, 0.29) is 17.7 Å². The van der Waals surface area contributed by atoms with Gasteiger partial charge in [-0.1, -0.05) is 6.07 Å². The lowest BCUT2D eigenvalue weighted by Gasteiger charge is -2.32. The lowest BCUT2D eigenvalue weighted by atomic mass is 10.0. The molecular weight excluding hydrogens is 454 g/mol. The van der Waals surface area contributed by atoms with Crippen LogP contribution in [0.1, 0.15) is 29.2 Å². The summed E-state index contributed by atoms with van der Waals surface area (Å²) in [6.07, 6.45) is 6.34. The van der Waals surface area contributed by atoms with Gasteiger partial charge in [0.2, 0.25) is 0 Å². The van der Waals surface area contributed by atoms with Crippen molar-refractivity contribution >= 4 is 32.5 Å². The molecule has 1 amide bonds. The monoisotopic (exact) mass is 481 g/mol. The fourth-order valence-corrected chi connectivity index (χ4v) is 4.99. The first-order chi connectivity index (χ1) is 16.2. The quantitative estimate of drug-likeness (QED) is 0.451. The Kier molecular flexibility index (Phi) is 5.86. The minimum absolute atomic E-state index is 0.0496. The van der Waals surface area contributed by atoms with Gasteiger partial charge < -0.3 is 14.6 Å². The molecule has 0 saturated carbocycles. The molecular formula is C24H27N5O4S. The first-order valence-corrected chi connectivity index (χ1v) is 13.4. The van der Waals surface area contributed by atoms with Crippen molar-refractivity contribution in [1.29, 1.82) is 0 Å². The first kappa shape index (κ1) is 22.5. The van der Waals surface area contributed by atoms with Gasteiger partial charge in [0.25, 0.3) is 5.91 Å². The summed E-state index contributed by atoms with van der Waals surface area (Å²) >= 11 is 0. The Morgan fingerprint density at radius 3 is 2.71 bits per heavy atom. The number of nitrogens with zero attached hydrogens (tertiary/aromatic N) is 4. The van der Waals surface area contributed by atoms with Crippen molar-refractivity contribution in [2.24, 2.45) is 0 Å². The van der Waals surface area contributed by atoms with Crippen LogP contribution >= 0.6 is 0 Å². The first-order valence-electron chi connectivity index (χ1n) is 11.3. The van der Waals surface area contributed by atoms with Gasteiger partial charge >= 0.3 is 0 Å². The third-order valence-electron chi connectivity index (χ3n) is 6.27. The molecule has 10 heteroatoms. The van der Waals surface area contributed by atoms with Gasteiger partial charge in [-0.15, -0.1) is 0 Å². The van der Waals surface area contributed by atoms with E-state index < -0.39 is 9.84 Å². The number of oxazole rings is 1. The molecule has 0 spiro atoms. The Balaban J connectivity index is 1.29. The molecule has 1 aliphatic heterocycles. The number of rotatable bonds is 6. The Morgan fingerprint density at radius 1 is 1.18 bits per heavy atom. The van der Waals surface area contributed by atoms with E-state index in [1.165, 1.54) is 6.26 Å². The zero-order valence-corrected chi connectivity index (χ0v) is 20.0. The molecule has 0 atom stereocenters. The van der Waals surface area contributed by atoms with Crippen LogP contribution in [0.4, 0.5) is 0 Å². The standard InChI is InChI=1S/C24H27N5O4S/c1-16-26-20-13-17(3-5-22(20)33-16)18-4-6-23-25-14-21(29(23)15-18)24(30)27-19-7-9-28(10-8-19)11-12-34(2,31)32/h3-6,13-15,19H,7-12H2,1-2H3,(H,27,30). The number of carbonyl (C=O) groups excluding carboxylic acids is 1. The summed E-state index contributed by atoms with van der Waals surface area (Å²) < 4.78 is 30.2. The molecule has 0 unspecified atom stereocenters. The number of nitrogens with one attached hydrogen (secondary N) is 1. The maximum Gasteiger partial charge on any atom is 0.270 e. The second kappa shape index (κ2) is 8.84. The van der Waals surface area contributed by atoms with E-state index in [1.807, 2.05) is 47.9 Å². The van der Waals surface area contributed by atoms with Gasteiger partial charge in [0.1, 0.15) is 26.7 Å². The Morgan fingerprint density at radius 2 is 1.94 bits per heavy atom. The van der Waals surface area contributed by atoms with Gasteiger partial charge in [-0.3, -0.25) is 9.20 Å². The van der Waals surface area contributed by atoms with Crippen LogP contribution in [0.25, 0.3) is 27.9 Å². The van der Waals surface area contributed by atoms with Crippen LogP contribution in [0.3, 0.4) is 0 Å². The topological polar surface area (TPSA) is 110 Å². The number of aryl methyl sites for hydroxylation is 1. The molecule has 0 bridgehead atoms. The summed E-state index contributed by atoms with van der Waals surface area (Å²) in [6, 6.07) is 9.77. The molecule has 1 aliphatic rings. The van der Waals surface area contributed by atoms with Gasteiger partial charge in [-0.05, 0) is 48.2 Å². The number of amides is 1. The van der Waals surface area contributed by atoms with E-state index >= 15 is 0 Å². The number of imidazole rings is 1. The fourth-order valence-electron chi connectivity index (χ4n) is 4.40. The second-order valence-electron chi connectivity index (χ2n) is 8.92. The lowest BCUT2D eigenvalue weighted by Crippen LogP contribution is -2.45. The summed E-state index contributed by atoms with van der Waals surface area (Å²) in [5.41, 5.74) is 4.64. The highest BCUT2D eigenvalue weighted by Gasteiger charge is 2.23. The van der Waals surface area contributed by atoms with Crippen molar-refractivity contribution in [2.45, 2.75) is 25.8 Å². The van der Waals surface area contributed by atoms with Gasteiger partial charge in [0.15, 0.2) is 11.5 Å². The second-order valence-corrected chi connectivity index (χ2v) is 11.2. The molecule has 1 fully saturated rings. The maximum atomic E-state index is 13.1. The molecule has 0 aliphatic carbocycles. The predicted octanol–water partition coefficient (Wildman–Crippen LogP) is 2.69. The van der Waals surface area contributed by atoms with Crippen LogP contribution in [0.15, 0.2) is 47.1 Å². The highest BCUT2D eigenvalue weighted by molar-refractivity contribution is 7.90. The van der Waals surface area contributed by atoms with Crippen molar-refractivity contribution in [2.75, 3.05) is 31.6 Å². The van der Waals surface area contributed by atoms with E-state index in [1.54, 1.807) is 6.20 Å². The summed E-state index contributed by atoms with van der Waals surface area (Å²) in [5, 5.41) is 3.13. The van der Waals surface area contributed by atoms with Crippen molar-refractivity contribution in [3.8, 4) is 11.1 Å². The van der Waals surface area contributed by atoms with E-state index in [0.29, 0.717) is 23.8 Å². The molecule has 1 N–H and O–H groups in total. The number of hydrogen-bond donors (Lipinski definition) is 1. The van der Waals surface area contributed by atoms with Crippen LogP contribution in [-0.2, 0) is 9.84 Å². The summed E-state index contributed by atoms with van der Waals surface area (Å²) in [7, 11) is -2.97. The van der Waals surface area contributed by atoms with Gasteiger partial charge in [-0.25, -0.2) is 18.4 Å². The summed E-state index contributed by atoms with van der Waals surface area (Å²) in [4.78, 5) is 24.0. The average molecular weight is 482 g/mol. The van der Waals surface area contributed by atoms with Gasteiger partial charge in [0.05, 0.1) is 11.9 Å². The number of pyridine rings is 1. The Hall–Kier alpha value is -3.24. The Bertz CT molecular complexity index is 1470. The fraction of sp³-hybridized carbons (Fsp3) is 0.375. The van der Waals surface area contributed by atoms with Crippen LogP contribution in [-0.4, -0.2) is 71.3 Å². The van der Waals surface area contributed by atoms with E-state index in [9.17, 15) is 13.2 Å². The number of piperidine rings is 1. The molecule has 178 valence electrons. The Labute approximate surface area is 197 Å². The number of sulfone groups is 1. The highest BCUT2D eigenvalue weighted by Crippen LogP contribution is 2.25. The zero-order valence-electron chi connectivity index (χ0n) is 19.2. The zero-order chi connectivity index (χ0) is 23.9. The summed E-state index contributed by atoms with van der Waals surface area (Å²) in [5.74, 6) is 0.622. The molecule has 4 aromatic rings. The molecule has 5 rings (SSSR count). The normalized spacial score (nSPS) is 15.8. The van der Waals surface area contributed by atoms with E-state index in [0.717, 1.165) is 48.2 Å². The molecule has 1 saturated heterocycles. The number of aromatic nitrogens is 3. The molecule has 9 nitrogen and oxygen atoms in total. The highest BCUT2D eigenvalue weighted by atomic mass is 32.2. The SMILES string of the molecule is Cc1nc2cc(-c3ccc4ncc(C(=O)NC5CCN(CCS(C)(=O)=O)CC5)n4c3)ccc2o1. The smallest absolute Gasteiger partial charge is 0.270 e. The molecule has 3 aromatic heterocycles. The third-order valence-corrected chi connectivity index (χ3v) is 7.19. The minimum atomic E-state index is -2.97. The number of fused-ring (bicyclic) bond motifs is 2. The van der Waals surface area contributed by atoms with E-state index in [2.05, 4.69) is 20.2 Å². The van der Waals surface area contributed by atoms with Gasteiger partial charge in [-0.2, -0.15) is 0 Å². The third kappa shape index (κ3) is 4.83. The van der Waals surface area contributed by atoms with Crippen molar-refractivity contribution in [3.05, 3.63) is 54.3 Å². The molecule has 4 heterocycles. The molecule has 1 aromatic carbocycles. The van der Waals surface area contributed by atoms with Crippen LogP contribution in [0.5, 0.6) is 0 Å². The van der Waals surface area contributed by atoms with Crippen LogP contribution < -0.4 is 5.32 Å². The largest absolute Gasteiger partial charge is 0.441 e.